The molecule has 0 N–H and O–H groups in total. The minimum Gasteiger partial charge on any atom is -0.359 e. The third-order valence-corrected chi connectivity index (χ3v) is 1.83. The Morgan fingerprint density at radius 2 is 2.38 bits per heavy atom. The molecule has 0 radical (unpaired) electrons. The first-order valence-electron chi connectivity index (χ1n) is 4.35. The standard InChI is InChI=1S/C10H13N3/c1-3-7-13(2)10-9(8-11)5-4-6-12-10/h4-6H,3,7H2,1-2H3. The van der Waals surface area contributed by atoms with Crippen molar-refractivity contribution >= 4 is 5.82 Å². The Labute approximate surface area is 78.6 Å². The maximum Gasteiger partial charge on any atom is 0.146 e. The molecule has 0 unspecified atom stereocenters. The van der Waals surface area contributed by atoms with Gasteiger partial charge < -0.3 is 4.90 Å². The van der Waals surface area contributed by atoms with Crippen LogP contribution in [0.25, 0.3) is 0 Å². The van der Waals surface area contributed by atoms with Crippen LogP contribution in [0.2, 0.25) is 0 Å². The van der Waals surface area contributed by atoms with Crippen molar-refractivity contribution < 1.29 is 0 Å². The first-order valence-corrected chi connectivity index (χ1v) is 4.35. The molecular weight excluding hydrogens is 162 g/mol. The number of aromatic nitrogens is 1. The first kappa shape index (κ1) is 9.53. The van der Waals surface area contributed by atoms with Crippen molar-refractivity contribution in [2.45, 2.75) is 13.3 Å². The summed E-state index contributed by atoms with van der Waals surface area (Å²) in [6.07, 6.45) is 2.76. The predicted molar refractivity (Wildman–Crippen MR) is 52.5 cm³/mol. The molecule has 13 heavy (non-hydrogen) atoms. The van der Waals surface area contributed by atoms with Crippen molar-refractivity contribution in [1.82, 2.24) is 4.98 Å². The highest BCUT2D eigenvalue weighted by molar-refractivity contribution is 5.52. The Morgan fingerprint density at radius 3 is 3.00 bits per heavy atom. The van der Waals surface area contributed by atoms with E-state index in [4.69, 9.17) is 5.26 Å². The van der Waals surface area contributed by atoms with E-state index in [0.29, 0.717) is 5.56 Å². The third-order valence-electron chi connectivity index (χ3n) is 1.83. The van der Waals surface area contributed by atoms with Crippen LogP contribution in [0.4, 0.5) is 5.82 Å². The maximum absolute atomic E-state index is 8.82. The van der Waals surface area contributed by atoms with Gasteiger partial charge in [0.05, 0.1) is 5.56 Å². The van der Waals surface area contributed by atoms with Crippen LogP contribution >= 0.6 is 0 Å². The van der Waals surface area contributed by atoms with Gasteiger partial charge in [-0.1, -0.05) is 6.92 Å². The fraction of sp³-hybridized carbons (Fsp3) is 0.400. The SMILES string of the molecule is CCCN(C)c1ncccc1C#N. The van der Waals surface area contributed by atoms with Crippen molar-refractivity contribution in [3.05, 3.63) is 23.9 Å². The van der Waals surface area contributed by atoms with Crippen LogP contribution in [-0.2, 0) is 0 Å². The normalized spacial score (nSPS) is 9.31. The number of rotatable bonds is 3. The summed E-state index contributed by atoms with van der Waals surface area (Å²) in [5, 5.41) is 8.82. The number of pyridine rings is 1. The van der Waals surface area contributed by atoms with Gasteiger partial charge in [0.25, 0.3) is 0 Å². The zero-order valence-corrected chi connectivity index (χ0v) is 7.99. The maximum atomic E-state index is 8.82. The van der Waals surface area contributed by atoms with Crippen molar-refractivity contribution in [1.29, 1.82) is 5.26 Å². The number of nitrogens with zero attached hydrogens (tertiary/aromatic N) is 3. The lowest BCUT2D eigenvalue weighted by molar-refractivity contribution is 0.836. The van der Waals surface area contributed by atoms with Crippen LogP contribution < -0.4 is 4.90 Å². The Morgan fingerprint density at radius 1 is 1.62 bits per heavy atom. The van der Waals surface area contributed by atoms with Gasteiger partial charge in [-0.25, -0.2) is 4.98 Å². The zero-order chi connectivity index (χ0) is 9.68. The van der Waals surface area contributed by atoms with E-state index in [1.165, 1.54) is 0 Å². The van der Waals surface area contributed by atoms with Crippen LogP contribution in [0, 0.1) is 11.3 Å². The highest BCUT2D eigenvalue weighted by Gasteiger charge is 2.05. The largest absolute Gasteiger partial charge is 0.359 e. The molecule has 0 aromatic carbocycles. The lowest BCUT2D eigenvalue weighted by atomic mass is 10.2. The number of hydrogen-bond acceptors (Lipinski definition) is 3. The van der Waals surface area contributed by atoms with Gasteiger partial charge in [0, 0.05) is 19.8 Å². The molecule has 3 nitrogen and oxygen atoms in total. The van der Waals surface area contributed by atoms with Gasteiger partial charge in [0.2, 0.25) is 0 Å². The van der Waals surface area contributed by atoms with Gasteiger partial charge in [-0.3, -0.25) is 0 Å². The predicted octanol–water partition coefficient (Wildman–Crippen LogP) is 1.80. The molecule has 0 atom stereocenters. The summed E-state index contributed by atoms with van der Waals surface area (Å²) in [5.41, 5.74) is 0.637. The van der Waals surface area contributed by atoms with E-state index in [1.54, 1.807) is 18.3 Å². The van der Waals surface area contributed by atoms with Gasteiger partial charge in [-0.05, 0) is 18.6 Å². The Bertz CT molecular complexity index is 314. The second kappa shape index (κ2) is 4.46. The Kier molecular flexibility index (Phi) is 3.27. The lowest BCUT2D eigenvalue weighted by Crippen LogP contribution is -2.20. The molecule has 1 aromatic rings. The Balaban J connectivity index is 2.93. The summed E-state index contributed by atoms with van der Waals surface area (Å²) < 4.78 is 0. The molecule has 0 bridgehead atoms. The highest BCUT2D eigenvalue weighted by atomic mass is 15.2. The third kappa shape index (κ3) is 2.19. The molecular formula is C10H13N3. The van der Waals surface area contributed by atoms with Gasteiger partial charge in [0.1, 0.15) is 11.9 Å². The molecule has 1 heterocycles. The summed E-state index contributed by atoms with van der Waals surface area (Å²) in [6.45, 7) is 3.02. The van der Waals surface area contributed by atoms with E-state index in [2.05, 4.69) is 18.0 Å². The van der Waals surface area contributed by atoms with Gasteiger partial charge in [-0.15, -0.1) is 0 Å². The minimum absolute atomic E-state index is 0.637. The van der Waals surface area contributed by atoms with E-state index in [9.17, 15) is 0 Å². The first-order chi connectivity index (χ1) is 6.29. The molecule has 0 saturated heterocycles. The molecule has 68 valence electrons. The zero-order valence-electron chi connectivity index (χ0n) is 7.99. The second-order valence-corrected chi connectivity index (χ2v) is 2.91. The number of nitriles is 1. The van der Waals surface area contributed by atoms with Crippen LogP contribution in [0.5, 0.6) is 0 Å². The van der Waals surface area contributed by atoms with E-state index in [0.717, 1.165) is 18.8 Å². The van der Waals surface area contributed by atoms with Gasteiger partial charge in [0.15, 0.2) is 0 Å². The number of hydrogen-bond donors (Lipinski definition) is 0. The number of anilines is 1. The molecule has 1 rings (SSSR count). The van der Waals surface area contributed by atoms with Crippen LogP contribution in [0.15, 0.2) is 18.3 Å². The van der Waals surface area contributed by atoms with Crippen LogP contribution in [-0.4, -0.2) is 18.6 Å². The molecule has 3 heteroatoms. The Hall–Kier alpha value is -1.56. The van der Waals surface area contributed by atoms with Crippen LogP contribution in [0.1, 0.15) is 18.9 Å². The second-order valence-electron chi connectivity index (χ2n) is 2.91. The lowest BCUT2D eigenvalue weighted by Gasteiger charge is -2.17. The summed E-state index contributed by atoms with van der Waals surface area (Å²) in [4.78, 5) is 6.17. The van der Waals surface area contributed by atoms with Crippen molar-refractivity contribution in [3.8, 4) is 6.07 Å². The molecule has 0 amide bonds. The van der Waals surface area contributed by atoms with Gasteiger partial charge in [-0.2, -0.15) is 5.26 Å². The molecule has 0 fully saturated rings. The molecule has 1 aromatic heterocycles. The average Bonchev–Trinajstić information content (AvgIpc) is 2.18. The quantitative estimate of drug-likeness (QED) is 0.703. The van der Waals surface area contributed by atoms with Crippen molar-refractivity contribution in [2.24, 2.45) is 0 Å². The van der Waals surface area contributed by atoms with E-state index in [1.807, 2.05) is 11.9 Å². The minimum atomic E-state index is 0.637. The monoisotopic (exact) mass is 175 g/mol. The van der Waals surface area contributed by atoms with E-state index >= 15 is 0 Å². The highest BCUT2D eigenvalue weighted by Crippen LogP contribution is 2.14. The van der Waals surface area contributed by atoms with Crippen LogP contribution in [0.3, 0.4) is 0 Å². The molecule has 0 spiro atoms. The van der Waals surface area contributed by atoms with Crippen molar-refractivity contribution in [3.63, 3.8) is 0 Å². The molecule has 0 aliphatic heterocycles. The summed E-state index contributed by atoms with van der Waals surface area (Å²) in [6, 6.07) is 5.70. The fourth-order valence-corrected chi connectivity index (χ4v) is 1.23. The summed E-state index contributed by atoms with van der Waals surface area (Å²) in [7, 11) is 1.95. The molecule has 0 aliphatic rings. The molecule has 0 aliphatic carbocycles. The topological polar surface area (TPSA) is 39.9 Å². The molecule has 0 saturated carbocycles. The van der Waals surface area contributed by atoms with E-state index < -0.39 is 0 Å². The average molecular weight is 175 g/mol. The summed E-state index contributed by atoms with van der Waals surface area (Å²) in [5.74, 6) is 0.770. The van der Waals surface area contributed by atoms with E-state index in [-0.39, 0.29) is 0 Å². The fourth-order valence-electron chi connectivity index (χ4n) is 1.23. The van der Waals surface area contributed by atoms with Crippen molar-refractivity contribution in [2.75, 3.05) is 18.5 Å². The summed E-state index contributed by atoms with van der Waals surface area (Å²) >= 11 is 0. The van der Waals surface area contributed by atoms with Gasteiger partial charge >= 0.3 is 0 Å². The smallest absolute Gasteiger partial charge is 0.146 e.